The molecule has 0 radical (unpaired) electrons. The first-order valence-electron chi connectivity index (χ1n) is 11.0. The summed E-state index contributed by atoms with van der Waals surface area (Å²) >= 11 is 7.50. The molecule has 0 spiro atoms. The summed E-state index contributed by atoms with van der Waals surface area (Å²) in [4.78, 5) is 30.1. The van der Waals surface area contributed by atoms with E-state index in [1.165, 1.54) is 11.8 Å². The molecule has 0 bridgehead atoms. The van der Waals surface area contributed by atoms with Gasteiger partial charge < -0.3 is 15.2 Å². The number of carbonyl (C=O) groups is 2. The molecule has 1 saturated carbocycles. The van der Waals surface area contributed by atoms with Crippen LogP contribution in [-0.2, 0) is 11.3 Å². The molecule has 0 atom stereocenters. The number of hydrogen-bond donors (Lipinski definition) is 2. The van der Waals surface area contributed by atoms with E-state index in [0.717, 1.165) is 54.8 Å². The average molecular weight is 471 g/mol. The van der Waals surface area contributed by atoms with Crippen molar-refractivity contribution in [1.29, 1.82) is 0 Å². The summed E-state index contributed by atoms with van der Waals surface area (Å²) in [5.41, 5.74) is 2.85. The molecule has 1 aliphatic rings. The van der Waals surface area contributed by atoms with Crippen LogP contribution in [0.5, 0.6) is 0 Å². The summed E-state index contributed by atoms with van der Waals surface area (Å²) in [5.74, 6) is -0.120. The molecule has 4 rings (SSSR count). The second-order valence-corrected chi connectivity index (χ2v) is 9.40. The van der Waals surface area contributed by atoms with Crippen LogP contribution in [0.25, 0.3) is 11.0 Å². The summed E-state index contributed by atoms with van der Waals surface area (Å²) in [5, 5.41) is 7.41. The van der Waals surface area contributed by atoms with E-state index >= 15 is 0 Å². The maximum absolute atomic E-state index is 12.7. The SMILES string of the molecule is CCCn1c(SCC(=O)Nc2ccccc2C(=O)NC2CCCC2)nc2cc(Cl)ccc21. The molecule has 8 heteroatoms. The zero-order valence-corrected chi connectivity index (χ0v) is 19.6. The summed E-state index contributed by atoms with van der Waals surface area (Å²) in [7, 11) is 0. The number of aryl methyl sites for hydroxylation is 1. The van der Waals surface area contributed by atoms with Gasteiger partial charge in [0.1, 0.15) is 0 Å². The van der Waals surface area contributed by atoms with E-state index in [1.54, 1.807) is 12.1 Å². The maximum Gasteiger partial charge on any atom is 0.253 e. The van der Waals surface area contributed by atoms with E-state index in [1.807, 2.05) is 30.3 Å². The number of nitrogens with one attached hydrogen (secondary N) is 2. The standard InChI is InChI=1S/C24H27ClN4O2S/c1-2-13-29-21-12-11-16(25)14-20(21)28-24(29)32-15-22(30)27-19-10-6-5-9-18(19)23(31)26-17-7-3-4-8-17/h5-6,9-12,14,17H,2-4,7-8,13,15H2,1H3,(H,26,31)(H,27,30). The number of aromatic nitrogens is 2. The Hall–Kier alpha value is -2.51. The second-order valence-electron chi connectivity index (χ2n) is 8.02. The van der Waals surface area contributed by atoms with Crippen LogP contribution < -0.4 is 10.6 Å². The molecule has 1 fully saturated rings. The van der Waals surface area contributed by atoms with Crippen LogP contribution >= 0.6 is 23.4 Å². The molecule has 168 valence electrons. The summed E-state index contributed by atoms with van der Waals surface area (Å²) in [6.45, 7) is 2.92. The quantitative estimate of drug-likeness (QED) is 0.426. The van der Waals surface area contributed by atoms with E-state index in [9.17, 15) is 9.59 Å². The molecule has 0 saturated heterocycles. The lowest BCUT2D eigenvalue weighted by atomic mass is 10.1. The third kappa shape index (κ3) is 5.27. The fourth-order valence-corrected chi connectivity index (χ4v) is 5.08. The van der Waals surface area contributed by atoms with Crippen molar-refractivity contribution in [2.24, 2.45) is 0 Å². The van der Waals surface area contributed by atoms with Gasteiger partial charge in [-0.05, 0) is 49.6 Å². The molecule has 1 aliphatic carbocycles. The minimum Gasteiger partial charge on any atom is -0.349 e. The van der Waals surface area contributed by atoms with Gasteiger partial charge in [-0.2, -0.15) is 0 Å². The zero-order chi connectivity index (χ0) is 22.5. The number of carbonyl (C=O) groups excluding carboxylic acids is 2. The van der Waals surface area contributed by atoms with E-state index < -0.39 is 0 Å². The lowest BCUT2D eigenvalue weighted by Gasteiger charge is -2.15. The van der Waals surface area contributed by atoms with Crippen molar-refractivity contribution in [2.75, 3.05) is 11.1 Å². The van der Waals surface area contributed by atoms with E-state index in [4.69, 9.17) is 11.6 Å². The number of nitrogens with zero attached hydrogens (tertiary/aromatic N) is 2. The highest BCUT2D eigenvalue weighted by atomic mass is 35.5. The number of rotatable bonds is 8. The first-order chi connectivity index (χ1) is 15.5. The topological polar surface area (TPSA) is 76.0 Å². The molecule has 0 aliphatic heterocycles. The summed E-state index contributed by atoms with van der Waals surface area (Å²) in [6.07, 6.45) is 5.28. The minimum absolute atomic E-state index is 0.137. The van der Waals surface area contributed by atoms with Crippen LogP contribution in [-0.4, -0.2) is 33.2 Å². The van der Waals surface area contributed by atoms with Crippen molar-refractivity contribution in [2.45, 2.75) is 56.8 Å². The smallest absolute Gasteiger partial charge is 0.253 e. The van der Waals surface area contributed by atoms with Crippen LogP contribution in [0.2, 0.25) is 5.02 Å². The minimum atomic E-state index is -0.177. The van der Waals surface area contributed by atoms with Gasteiger partial charge in [0.05, 0.1) is 28.0 Å². The molecular weight excluding hydrogens is 444 g/mol. The van der Waals surface area contributed by atoms with Gasteiger partial charge in [-0.1, -0.05) is 55.3 Å². The number of amides is 2. The van der Waals surface area contributed by atoms with E-state index in [0.29, 0.717) is 16.3 Å². The van der Waals surface area contributed by atoms with Crippen LogP contribution in [0.15, 0.2) is 47.6 Å². The molecule has 2 amide bonds. The van der Waals surface area contributed by atoms with Gasteiger partial charge in [-0.3, -0.25) is 9.59 Å². The Bertz CT molecular complexity index is 1120. The highest BCUT2D eigenvalue weighted by molar-refractivity contribution is 7.99. The van der Waals surface area contributed by atoms with Gasteiger partial charge in [-0.25, -0.2) is 4.98 Å². The number of thioether (sulfide) groups is 1. The Morgan fingerprint density at radius 1 is 1.19 bits per heavy atom. The largest absolute Gasteiger partial charge is 0.349 e. The number of halogens is 1. The fourth-order valence-electron chi connectivity index (χ4n) is 4.07. The van der Waals surface area contributed by atoms with Crippen molar-refractivity contribution in [3.8, 4) is 0 Å². The number of hydrogen-bond acceptors (Lipinski definition) is 4. The van der Waals surface area contributed by atoms with Gasteiger partial charge in [0.2, 0.25) is 5.91 Å². The van der Waals surface area contributed by atoms with Crippen molar-refractivity contribution in [1.82, 2.24) is 14.9 Å². The monoisotopic (exact) mass is 470 g/mol. The Kier molecular flexibility index (Phi) is 7.37. The summed E-state index contributed by atoms with van der Waals surface area (Å²) in [6, 6.07) is 13.0. The normalized spacial score (nSPS) is 14.1. The van der Waals surface area contributed by atoms with Gasteiger partial charge >= 0.3 is 0 Å². The summed E-state index contributed by atoms with van der Waals surface area (Å²) < 4.78 is 2.12. The van der Waals surface area contributed by atoms with E-state index in [-0.39, 0.29) is 23.6 Å². The molecule has 2 aromatic carbocycles. The third-order valence-electron chi connectivity index (χ3n) is 5.59. The molecular formula is C24H27ClN4O2S. The molecule has 2 N–H and O–H groups in total. The lowest BCUT2D eigenvalue weighted by molar-refractivity contribution is -0.113. The first-order valence-corrected chi connectivity index (χ1v) is 12.4. The Balaban J connectivity index is 1.44. The Labute approximate surface area is 197 Å². The van der Waals surface area contributed by atoms with Gasteiger partial charge in [-0.15, -0.1) is 0 Å². The Morgan fingerprint density at radius 2 is 1.97 bits per heavy atom. The van der Waals surface area contributed by atoms with Crippen LogP contribution in [0, 0.1) is 0 Å². The number of para-hydroxylation sites is 1. The van der Waals surface area contributed by atoms with Gasteiger partial charge in [0.15, 0.2) is 5.16 Å². The Morgan fingerprint density at radius 3 is 2.75 bits per heavy atom. The highest BCUT2D eigenvalue weighted by Crippen LogP contribution is 2.27. The van der Waals surface area contributed by atoms with Crippen molar-refractivity contribution < 1.29 is 9.59 Å². The number of benzene rings is 2. The lowest BCUT2D eigenvalue weighted by Crippen LogP contribution is -2.33. The molecule has 6 nitrogen and oxygen atoms in total. The van der Waals surface area contributed by atoms with Crippen LogP contribution in [0.4, 0.5) is 5.69 Å². The predicted molar refractivity (Wildman–Crippen MR) is 131 cm³/mol. The molecule has 1 aromatic heterocycles. The predicted octanol–water partition coefficient (Wildman–Crippen LogP) is 5.50. The average Bonchev–Trinajstić information content (AvgIpc) is 3.40. The molecule has 3 aromatic rings. The second kappa shape index (κ2) is 10.4. The number of imidazole rings is 1. The van der Waals surface area contributed by atoms with Crippen molar-refractivity contribution in [3.05, 3.63) is 53.1 Å². The molecule has 1 heterocycles. The third-order valence-corrected chi connectivity index (χ3v) is 6.80. The highest BCUT2D eigenvalue weighted by Gasteiger charge is 2.20. The van der Waals surface area contributed by atoms with Crippen molar-refractivity contribution >= 4 is 51.9 Å². The number of anilines is 1. The molecule has 32 heavy (non-hydrogen) atoms. The van der Waals surface area contributed by atoms with Gasteiger partial charge in [0, 0.05) is 17.6 Å². The van der Waals surface area contributed by atoms with Gasteiger partial charge in [0.25, 0.3) is 5.91 Å². The van der Waals surface area contributed by atoms with Crippen molar-refractivity contribution in [3.63, 3.8) is 0 Å². The zero-order valence-electron chi connectivity index (χ0n) is 18.1. The number of fused-ring (bicyclic) bond motifs is 1. The van der Waals surface area contributed by atoms with E-state index in [2.05, 4.69) is 27.1 Å². The van der Waals surface area contributed by atoms with Crippen LogP contribution in [0.3, 0.4) is 0 Å². The first kappa shape index (κ1) is 22.7. The van der Waals surface area contributed by atoms with Crippen LogP contribution in [0.1, 0.15) is 49.4 Å². The fraction of sp³-hybridized carbons (Fsp3) is 0.375. The molecule has 0 unspecified atom stereocenters. The maximum atomic E-state index is 12.7.